The van der Waals surface area contributed by atoms with E-state index in [9.17, 15) is 19.2 Å². The average molecular weight is 602 g/mol. The van der Waals surface area contributed by atoms with E-state index in [2.05, 4.69) is 10.6 Å². The molecule has 1 aliphatic heterocycles. The molecule has 1 heterocycles. The van der Waals surface area contributed by atoms with Gasteiger partial charge in [0, 0.05) is 35.6 Å². The van der Waals surface area contributed by atoms with Crippen LogP contribution in [0.1, 0.15) is 71.1 Å². The smallest absolute Gasteiger partial charge is 0.305 e. The summed E-state index contributed by atoms with van der Waals surface area (Å²) in [7, 11) is 0. The number of fused-ring (bicyclic) bond motifs is 1. The maximum absolute atomic E-state index is 14.2. The van der Waals surface area contributed by atoms with Crippen LogP contribution in [0.25, 0.3) is 0 Å². The highest BCUT2D eigenvalue weighted by molar-refractivity contribution is 6.30. The second-order valence-electron chi connectivity index (χ2n) is 11.2. The number of nitrogens with zero attached hydrogens (tertiary/aromatic N) is 1. The van der Waals surface area contributed by atoms with Crippen molar-refractivity contribution >= 4 is 35.3 Å². The lowest BCUT2D eigenvalue weighted by molar-refractivity contribution is -0.137. The Labute approximate surface area is 256 Å². The Morgan fingerprint density at radius 2 is 1.47 bits per heavy atom. The molecule has 0 bridgehead atoms. The lowest BCUT2D eigenvalue weighted by Crippen LogP contribution is -2.52. The van der Waals surface area contributed by atoms with E-state index in [1.165, 1.54) is 0 Å². The lowest BCUT2D eigenvalue weighted by Gasteiger charge is -2.47. The van der Waals surface area contributed by atoms with Crippen LogP contribution in [0.15, 0.2) is 78.9 Å². The predicted octanol–water partition coefficient (Wildman–Crippen LogP) is 5.13. The number of amides is 3. The summed E-state index contributed by atoms with van der Waals surface area (Å²) in [5, 5.41) is 15.3. The van der Waals surface area contributed by atoms with Gasteiger partial charge in [-0.15, -0.1) is 0 Å². The summed E-state index contributed by atoms with van der Waals surface area (Å²) in [6.07, 6.45) is 2.88. The number of carboxylic acids is 1. The summed E-state index contributed by atoms with van der Waals surface area (Å²) in [6, 6.07) is 23.9. The third-order valence-corrected chi connectivity index (χ3v) is 8.78. The SMILES string of the molecule is O=C(O)CCNC(=O)[C@H]1CC[C@@H](N2C(=O)c3ccccc3[C@@H](C(=O)NCCc3ccccc3)[C@@H]2c2ccc(Cl)cc2)CC1. The first kappa shape index (κ1) is 30.3. The summed E-state index contributed by atoms with van der Waals surface area (Å²) >= 11 is 6.24. The van der Waals surface area contributed by atoms with Crippen LogP contribution in [0.3, 0.4) is 0 Å². The van der Waals surface area contributed by atoms with Gasteiger partial charge in [-0.1, -0.05) is 72.3 Å². The molecule has 3 aromatic rings. The van der Waals surface area contributed by atoms with E-state index >= 15 is 0 Å². The Balaban J connectivity index is 1.41. The quantitative estimate of drug-likeness (QED) is 0.298. The molecule has 0 saturated heterocycles. The van der Waals surface area contributed by atoms with Gasteiger partial charge in [-0.25, -0.2) is 0 Å². The Morgan fingerprint density at radius 1 is 0.814 bits per heavy atom. The van der Waals surface area contributed by atoms with Gasteiger partial charge in [0.25, 0.3) is 5.91 Å². The Hall–Kier alpha value is -4.17. The third kappa shape index (κ3) is 7.08. The van der Waals surface area contributed by atoms with Crippen molar-refractivity contribution in [1.82, 2.24) is 15.5 Å². The number of aliphatic carboxylic acids is 1. The number of hydrogen-bond acceptors (Lipinski definition) is 4. The molecule has 3 aromatic carbocycles. The van der Waals surface area contributed by atoms with Crippen LogP contribution < -0.4 is 10.6 Å². The van der Waals surface area contributed by atoms with E-state index in [-0.39, 0.29) is 42.6 Å². The Morgan fingerprint density at radius 3 is 2.16 bits per heavy atom. The standard InChI is InChI=1S/C34H36ClN3O5/c35-25-14-10-23(11-15-25)31-30(33(42)37-20-18-22-6-2-1-3-7-22)27-8-4-5-9-28(27)34(43)38(31)26-16-12-24(13-17-26)32(41)36-21-19-29(39)40/h1-11,14-15,24,26,30-31H,12-13,16-21H2,(H,36,41)(H,37,42)(H,39,40)/t24-,26+,30-,31+/m1/s1. The number of nitrogens with one attached hydrogen (secondary N) is 2. The van der Waals surface area contributed by atoms with Gasteiger partial charge in [-0.05, 0) is 67.0 Å². The fourth-order valence-electron chi connectivity index (χ4n) is 6.39. The first-order valence-corrected chi connectivity index (χ1v) is 15.2. The fourth-order valence-corrected chi connectivity index (χ4v) is 6.51. The Bertz CT molecular complexity index is 1450. The molecule has 1 fully saturated rings. The van der Waals surface area contributed by atoms with E-state index < -0.39 is 17.9 Å². The predicted molar refractivity (Wildman–Crippen MR) is 164 cm³/mol. The Kier molecular flexibility index (Phi) is 9.77. The highest BCUT2D eigenvalue weighted by Gasteiger charge is 2.47. The van der Waals surface area contributed by atoms with Crippen LogP contribution in [0.2, 0.25) is 5.02 Å². The summed E-state index contributed by atoms with van der Waals surface area (Å²) < 4.78 is 0. The maximum atomic E-state index is 14.2. The minimum atomic E-state index is -0.959. The molecule has 2 atom stereocenters. The van der Waals surface area contributed by atoms with Crippen molar-refractivity contribution < 1.29 is 24.3 Å². The van der Waals surface area contributed by atoms with Crippen molar-refractivity contribution in [3.63, 3.8) is 0 Å². The summed E-state index contributed by atoms with van der Waals surface area (Å²) in [5.74, 6) is -2.27. The fraction of sp³-hybridized carbons (Fsp3) is 0.353. The van der Waals surface area contributed by atoms with Crippen LogP contribution in [-0.2, 0) is 20.8 Å². The van der Waals surface area contributed by atoms with E-state index in [4.69, 9.17) is 16.7 Å². The molecule has 1 aliphatic carbocycles. The summed E-state index contributed by atoms with van der Waals surface area (Å²) in [6.45, 7) is 0.556. The maximum Gasteiger partial charge on any atom is 0.305 e. The second-order valence-corrected chi connectivity index (χ2v) is 11.7. The van der Waals surface area contributed by atoms with Crippen LogP contribution in [0, 0.1) is 5.92 Å². The molecule has 3 N–H and O–H groups in total. The molecule has 8 nitrogen and oxygen atoms in total. The molecule has 0 unspecified atom stereocenters. The van der Waals surface area contributed by atoms with Gasteiger partial charge in [0.2, 0.25) is 11.8 Å². The number of benzene rings is 3. The molecule has 3 amide bonds. The van der Waals surface area contributed by atoms with Gasteiger partial charge in [0.05, 0.1) is 18.4 Å². The van der Waals surface area contributed by atoms with Crippen LogP contribution in [0.5, 0.6) is 0 Å². The van der Waals surface area contributed by atoms with Gasteiger partial charge in [-0.3, -0.25) is 19.2 Å². The zero-order chi connectivity index (χ0) is 30.3. The van der Waals surface area contributed by atoms with Gasteiger partial charge >= 0.3 is 5.97 Å². The molecule has 9 heteroatoms. The van der Waals surface area contributed by atoms with E-state index in [1.54, 1.807) is 18.2 Å². The van der Waals surface area contributed by atoms with Crippen LogP contribution in [0.4, 0.5) is 0 Å². The van der Waals surface area contributed by atoms with Crippen molar-refractivity contribution in [3.05, 3.63) is 106 Å². The minimum absolute atomic E-state index is 0.0925. The molecule has 0 aromatic heterocycles. The minimum Gasteiger partial charge on any atom is -0.481 e. The molecule has 1 saturated carbocycles. The zero-order valence-corrected chi connectivity index (χ0v) is 24.6. The van der Waals surface area contributed by atoms with Crippen molar-refractivity contribution in [3.8, 4) is 0 Å². The van der Waals surface area contributed by atoms with E-state index in [0.717, 1.165) is 11.1 Å². The van der Waals surface area contributed by atoms with Crippen molar-refractivity contribution in [2.75, 3.05) is 13.1 Å². The van der Waals surface area contributed by atoms with Crippen molar-refractivity contribution in [1.29, 1.82) is 0 Å². The summed E-state index contributed by atoms with van der Waals surface area (Å²) in [5.41, 5.74) is 3.17. The van der Waals surface area contributed by atoms with Crippen molar-refractivity contribution in [2.24, 2.45) is 5.92 Å². The first-order valence-electron chi connectivity index (χ1n) is 14.8. The van der Waals surface area contributed by atoms with Gasteiger partial charge in [-0.2, -0.15) is 0 Å². The molecular formula is C34H36ClN3O5. The molecule has 2 aliphatic rings. The third-order valence-electron chi connectivity index (χ3n) is 8.52. The first-order chi connectivity index (χ1) is 20.8. The summed E-state index contributed by atoms with van der Waals surface area (Å²) in [4.78, 5) is 53.6. The second kappa shape index (κ2) is 13.9. The number of hydrogen-bond donors (Lipinski definition) is 3. The number of carbonyl (C=O) groups excluding carboxylic acids is 3. The van der Waals surface area contributed by atoms with E-state index in [0.29, 0.717) is 54.8 Å². The molecule has 5 rings (SSSR count). The van der Waals surface area contributed by atoms with Gasteiger partial charge in [0.1, 0.15) is 0 Å². The monoisotopic (exact) mass is 601 g/mol. The topological polar surface area (TPSA) is 116 Å². The van der Waals surface area contributed by atoms with Crippen molar-refractivity contribution in [2.45, 2.75) is 56.5 Å². The molecule has 224 valence electrons. The van der Waals surface area contributed by atoms with Crippen LogP contribution >= 0.6 is 11.6 Å². The highest BCUT2D eigenvalue weighted by Crippen LogP contribution is 2.46. The van der Waals surface area contributed by atoms with Gasteiger partial charge < -0.3 is 20.6 Å². The zero-order valence-electron chi connectivity index (χ0n) is 23.9. The van der Waals surface area contributed by atoms with E-state index in [1.807, 2.05) is 65.6 Å². The molecule has 0 spiro atoms. The number of carboxylic acid groups (broad SMARTS) is 1. The molecule has 0 radical (unpaired) electrons. The molecule has 43 heavy (non-hydrogen) atoms. The number of rotatable bonds is 10. The van der Waals surface area contributed by atoms with Crippen LogP contribution in [-0.4, -0.2) is 52.8 Å². The number of halogens is 1. The number of carbonyl (C=O) groups is 4. The van der Waals surface area contributed by atoms with Gasteiger partial charge in [0.15, 0.2) is 0 Å². The average Bonchev–Trinajstić information content (AvgIpc) is 3.02. The molecular weight excluding hydrogens is 566 g/mol. The largest absolute Gasteiger partial charge is 0.481 e. The lowest BCUT2D eigenvalue weighted by atomic mass is 9.76. The normalized spacial score (nSPS) is 21.5. The highest BCUT2D eigenvalue weighted by atomic mass is 35.5.